The van der Waals surface area contributed by atoms with Gasteiger partial charge in [-0.25, -0.2) is 0 Å². The molecule has 3 heterocycles. The normalized spacial score (nSPS) is 40.4. The highest BCUT2D eigenvalue weighted by molar-refractivity contribution is 5.99. The highest BCUT2D eigenvalue weighted by atomic mass is 19.4. The number of aliphatic hydroxyl groups is 2. The molecular weight excluding hydrogens is 365 g/mol. The maximum absolute atomic E-state index is 13.3. The molecule has 2 bridgehead atoms. The van der Waals surface area contributed by atoms with E-state index in [2.05, 4.69) is 0 Å². The summed E-state index contributed by atoms with van der Waals surface area (Å²) in [5.41, 5.74) is -4.04. The van der Waals surface area contributed by atoms with E-state index >= 15 is 0 Å². The summed E-state index contributed by atoms with van der Waals surface area (Å²) < 4.78 is 45.7. The number of halogens is 3. The summed E-state index contributed by atoms with van der Waals surface area (Å²) in [6, 6.07) is 4.37. The quantitative estimate of drug-likeness (QED) is 0.772. The second-order valence-corrected chi connectivity index (χ2v) is 7.78. The third-order valence-corrected chi connectivity index (χ3v) is 6.19. The Morgan fingerprint density at radius 3 is 2.59 bits per heavy atom. The van der Waals surface area contributed by atoms with Crippen LogP contribution in [0.2, 0.25) is 0 Å². The molecule has 3 aliphatic heterocycles. The van der Waals surface area contributed by atoms with Crippen molar-refractivity contribution < 1.29 is 32.9 Å². The van der Waals surface area contributed by atoms with E-state index in [4.69, 9.17) is 10.00 Å². The Labute approximate surface area is 152 Å². The number of hydrogen-bond acceptors (Lipinski definition) is 5. The number of aliphatic hydroxyl groups excluding tert-OH is 2. The van der Waals surface area contributed by atoms with Crippen molar-refractivity contribution in [2.75, 3.05) is 4.90 Å². The third-order valence-electron chi connectivity index (χ3n) is 6.19. The molecule has 3 aliphatic rings. The van der Waals surface area contributed by atoms with E-state index in [0.717, 1.165) is 11.0 Å². The standard InChI is InChI=1S/C18H17F3N2O4/c1-16-6-11(24)17(2,27-16)13-12(16)14(25)23(15(13)26)9-4-3-8(7-22)10(5-9)18(19,20)21/h3-5,11-14,24-25H,6H2,1-2H3/t11-,12-,13+,14?,16?,17?/m1/s1. The van der Waals surface area contributed by atoms with Gasteiger partial charge in [0.25, 0.3) is 0 Å². The van der Waals surface area contributed by atoms with Gasteiger partial charge in [-0.15, -0.1) is 0 Å². The van der Waals surface area contributed by atoms with Crippen molar-refractivity contribution in [2.45, 2.75) is 50.0 Å². The first kappa shape index (κ1) is 18.2. The van der Waals surface area contributed by atoms with E-state index in [1.165, 1.54) is 12.1 Å². The second kappa shape index (κ2) is 5.22. The minimum atomic E-state index is -4.78. The van der Waals surface area contributed by atoms with Crippen LogP contribution in [-0.4, -0.2) is 39.7 Å². The molecule has 144 valence electrons. The molecule has 27 heavy (non-hydrogen) atoms. The molecule has 0 aliphatic carbocycles. The van der Waals surface area contributed by atoms with Crippen LogP contribution in [-0.2, 0) is 15.7 Å². The monoisotopic (exact) mass is 382 g/mol. The Morgan fingerprint density at radius 1 is 1.33 bits per heavy atom. The van der Waals surface area contributed by atoms with Crippen LogP contribution < -0.4 is 4.90 Å². The molecule has 1 aromatic carbocycles. The van der Waals surface area contributed by atoms with Gasteiger partial charge in [-0.1, -0.05) is 0 Å². The molecule has 3 saturated heterocycles. The Balaban J connectivity index is 1.80. The van der Waals surface area contributed by atoms with Crippen molar-refractivity contribution in [3.05, 3.63) is 29.3 Å². The molecule has 1 amide bonds. The molecule has 4 rings (SSSR count). The SMILES string of the molecule is CC12C[C@@H](O)C(C)(O1)[C@@H]1C(=O)N(c3ccc(C#N)c(C(F)(F)F)c3)C(O)[C@@H]12. The van der Waals surface area contributed by atoms with E-state index in [0.29, 0.717) is 6.07 Å². The number of nitriles is 1. The Hall–Kier alpha value is -2.15. The highest BCUT2D eigenvalue weighted by Gasteiger charge is 2.75. The predicted molar refractivity (Wildman–Crippen MR) is 85.2 cm³/mol. The first-order chi connectivity index (χ1) is 12.4. The number of fused-ring (bicyclic) bond motifs is 5. The van der Waals surface area contributed by atoms with Gasteiger partial charge in [0.2, 0.25) is 5.91 Å². The lowest BCUT2D eigenvalue weighted by atomic mass is 9.67. The van der Waals surface area contributed by atoms with Gasteiger partial charge in [0.1, 0.15) is 11.8 Å². The van der Waals surface area contributed by atoms with Crippen molar-refractivity contribution in [1.29, 1.82) is 5.26 Å². The number of amides is 1. The molecule has 0 spiro atoms. The molecule has 3 fully saturated rings. The van der Waals surface area contributed by atoms with Gasteiger partial charge in [0, 0.05) is 18.0 Å². The maximum atomic E-state index is 13.3. The number of benzene rings is 1. The van der Waals surface area contributed by atoms with Gasteiger partial charge < -0.3 is 14.9 Å². The molecule has 6 nitrogen and oxygen atoms in total. The van der Waals surface area contributed by atoms with Crippen LogP contribution in [0.4, 0.5) is 18.9 Å². The van der Waals surface area contributed by atoms with Crippen molar-refractivity contribution in [3.63, 3.8) is 0 Å². The van der Waals surface area contributed by atoms with E-state index in [9.17, 15) is 28.2 Å². The fourth-order valence-corrected chi connectivity index (χ4v) is 5.00. The van der Waals surface area contributed by atoms with Gasteiger partial charge in [0.05, 0.1) is 34.8 Å². The van der Waals surface area contributed by atoms with Crippen molar-refractivity contribution in [2.24, 2.45) is 11.8 Å². The number of hydrogen-bond donors (Lipinski definition) is 2. The molecule has 1 aromatic rings. The van der Waals surface area contributed by atoms with Crippen LogP contribution in [0.1, 0.15) is 31.4 Å². The van der Waals surface area contributed by atoms with Gasteiger partial charge in [-0.3, -0.25) is 9.69 Å². The first-order valence-electron chi connectivity index (χ1n) is 8.45. The average molecular weight is 382 g/mol. The van der Waals surface area contributed by atoms with Crippen molar-refractivity contribution >= 4 is 11.6 Å². The lowest BCUT2D eigenvalue weighted by Gasteiger charge is -2.34. The molecule has 6 atom stereocenters. The maximum Gasteiger partial charge on any atom is 0.417 e. The largest absolute Gasteiger partial charge is 0.417 e. The summed E-state index contributed by atoms with van der Waals surface area (Å²) in [7, 11) is 0. The first-order valence-corrected chi connectivity index (χ1v) is 8.45. The Kier molecular flexibility index (Phi) is 3.52. The fourth-order valence-electron chi connectivity index (χ4n) is 5.00. The lowest BCUT2D eigenvalue weighted by Crippen LogP contribution is -2.49. The number of carbonyl (C=O) groups is 1. The Morgan fingerprint density at radius 2 is 2.00 bits per heavy atom. The summed E-state index contributed by atoms with van der Waals surface area (Å²) in [5.74, 6) is -2.15. The zero-order chi connectivity index (χ0) is 19.9. The molecule has 0 radical (unpaired) electrons. The zero-order valence-corrected chi connectivity index (χ0v) is 14.5. The van der Waals surface area contributed by atoms with Gasteiger partial charge >= 0.3 is 6.18 Å². The van der Waals surface area contributed by atoms with Crippen molar-refractivity contribution in [1.82, 2.24) is 0 Å². The number of rotatable bonds is 1. The lowest BCUT2D eigenvalue weighted by molar-refractivity contribution is -0.138. The molecular formula is C18H17F3N2O4. The highest BCUT2D eigenvalue weighted by Crippen LogP contribution is 2.62. The minimum absolute atomic E-state index is 0.144. The van der Waals surface area contributed by atoms with Crippen LogP contribution in [0.15, 0.2) is 18.2 Å². The summed E-state index contributed by atoms with van der Waals surface area (Å²) in [4.78, 5) is 13.9. The second-order valence-electron chi connectivity index (χ2n) is 7.78. The summed E-state index contributed by atoms with van der Waals surface area (Å²) in [6.07, 6.45) is -6.85. The summed E-state index contributed by atoms with van der Waals surface area (Å²) in [5, 5.41) is 30.0. The number of alkyl halides is 3. The van der Waals surface area contributed by atoms with Gasteiger partial charge in [0.15, 0.2) is 0 Å². The molecule has 0 saturated carbocycles. The summed E-state index contributed by atoms with van der Waals surface area (Å²) in [6.45, 7) is 3.27. The third kappa shape index (κ3) is 2.21. The Bertz CT molecular complexity index is 882. The van der Waals surface area contributed by atoms with E-state index in [1.54, 1.807) is 13.8 Å². The van der Waals surface area contributed by atoms with Crippen LogP contribution in [0, 0.1) is 23.2 Å². The smallest absolute Gasteiger partial charge is 0.390 e. The predicted octanol–water partition coefficient (Wildman–Crippen LogP) is 1.79. The van der Waals surface area contributed by atoms with Crippen LogP contribution in [0.5, 0.6) is 0 Å². The van der Waals surface area contributed by atoms with Crippen LogP contribution in [0.25, 0.3) is 0 Å². The number of carbonyl (C=O) groups excluding carboxylic acids is 1. The van der Waals surface area contributed by atoms with Crippen LogP contribution >= 0.6 is 0 Å². The van der Waals surface area contributed by atoms with Crippen LogP contribution in [0.3, 0.4) is 0 Å². The van der Waals surface area contributed by atoms with E-state index < -0.39 is 58.6 Å². The molecule has 0 aromatic heterocycles. The number of nitrogens with zero attached hydrogens (tertiary/aromatic N) is 2. The van der Waals surface area contributed by atoms with E-state index in [1.807, 2.05) is 0 Å². The molecule has 3 unspecified atom stereocenters. The topological polar surface area (TPSA) is 93.8 Å². The van der Waals surface area contributed by atoms with E-state index in [-0.39, 0.29) is 12.1 Å². The van der Waals surface area contributed by atoms with Gasteiger partial charge in [-0.05, 0) is 32.0 Å². The summed E-state index contributed by atoms with van der Waals surface area (Å²) >= 11 is 0. The minimum Gasteiger partial charge on any atom is -0.390 e. The number of anilines is 1. The van der Waals surface area contributed by atoms with Crippen molar-refractivity contribution in [3.8, 4) is 6.07 Å². The fraction of sp³-hybridized carbons (Fsp3) is 0.556. The molecule has 2 N–H and O–H groups in total. The molecule has 9 heteroatoms. The van der Waals surface area contributed by atoms with Gasteiger partial charge in [-0.2, -0.15) is 18.4 Å². The zero-order valence-electron chi connectivity index (χ0n) is 14.5. The number of ether oxygens (including phenoxy) is 1. The average Bonchev–Trinajstić information content (AvgIpc) is 3.07.